The van der Waals surface area contributed by atoms with Crippen LogP contribution in [0.4, 0.5) is 5.69 Å². The summed E-state index contributed by atoms with van der Waals surface area (Å²) in [6.07, 6.45) is 1.65. The van der Waals surface area contributed by atoms with Crippen LogP contribution in [0.5, 0.6) is 0 Å². The maximum atomic E-state index is 12.9. The lowest BCUT2D eigenvalue weighted by atomic mass is 10.0. The van der Waals surface area contributed by atoms with Gasteiger partial charge in [-0.1, -0.05) is 17.7 Å². The Labute approximate surface area is 151 Å². The molecule has 134 valence electrons. The number of halogens is 1. The molecule has 3 aliphatic rings. The number of rotatable bonds is 2. The lowest BCUT2D eigenvalue weighted by Gasteiger charge is -2.39. The van der Waals surface area contributed by atoms with Gasteiger partial charge >= 0.3 is 0 Å². The fraction of sp³-hybridized carbons (Fsp3) is 0.556. The molecule has 6 nitrogen and oxygen atoms in total. The second-order valence-electron chi connectivity index (χ2n) is 6.81. The van der Waals surface area contributed by atoms with E-state index in [2.05, 4.69) is 4.90 Å². The van der Waals surface area contributed by atoms with Gasteiger partial charge in [-0.05, 0) is 24.6 Å². The van der Waals surface area contributed by atoms with Gasteiger partial charge in [-0.3, -0.25) is 14.5 Å². The predicted octanol–water partition coefficient (Wildman–Crippen LogP) is 2.12. The number of carbonyl (C=O) groups excluding carboxylic acids is 2. The maximum Gasteiger partial charge on any atom is 0.251 e. The number of hydrogen-bond donors (Lipinski definition) is 0. The Morgan fingerprint density at radius 1 is 1.16 bits per heavy atom. The van der Waals surface area contributed by atoms with E-state index in [1.54, 1.807) is 18.2 Å². The normalized spacial score (nSPS) is 26.8. The summed E-state index contributed by atoms with van der Waals surface area (Å²) in [6.45, 7) is 4.45. The topological polar surface area (TPSA) is 59.1 Å². The number of benzene rings is 1. The van der Waals surface area contributed by atoms with Crippen molar-refractivity contribution in [1.29, 1.82) is 0 Å². The minimum absolute atomic E-state index is 0.167. The van der Waals surface area contributed by atoms with Crippen LogP contribution in [0.25, 0.3) is 0 Å². The third-order valence-electron chi connectivity index (χ3n) is 5.42. The van der Waals surface area contributed by atoms with Gasteiger partial charge in [0.05, 0.1) is 31.4 Å². The van der Waals surface area contributed by atoms with Gasteiger partial charge in [0, 0.05) is 31.0 Å². The van der Waals surface area contributed by atoms with Crippen molar-refractivity contribution in [2.75, 3.05) is 31.2 Å². The largest absolute Gasteiger partial charge is 0.347 e. The summed E-state index contributed by atoms with van der Waals surface area (Å²) in [5, 5.41) is 0.553. The Bertz CT molecular complexity index is 707. The molecule has 0 aromatic heterocycles. The zero-order valence-electron chi connectivity index (χ0n) is 14.2. The van der Waals surface area contributed by atoms with Crippen molar-refractivity contribution in [2.24, 2.45) is 0 Å². The lowest BCUT2D eigenvalue weighted by molar-refractivity contribution is -0.188. The fourth-order valence-electron chi connectivity index (χ4n) is 3.95. The Kier molecular flexibility index (Phi) is 4.32. The van der Waals surface area contributed by atoms with E-state index in [0.29, 0.717) is 37.0 Å². The zero-order valence-corrected chi connectivity index (χ0v) is 14.9. The average molecular weight is 365 g/mol. The SMILES string of the molecule is Cc1c(Cl)cccc1N1C(=O)C[C@@H](N2CCC3(CC2)OCCO3)C1=O. The van der Waals surface area contributed by atoms with Gasteiger partial charge in [0.1, 0.15) is 0 Å². The standard InChI is InChI=1S/C18H21ClN2O4/c1-12-13(19)3-2-4-14(12)21-16(22)11-15(17(21)23)20-7-5-18(6-8-20)24-9-10-25-18/h2-4,15H,5-11H2,1H3/t15-/m1/s1. The molecule has 1 aromatic carbocycles. The molecule has 1 spiro atoms. The molecule has 1 atom stereocenters. The Hall–Kier alpha value is -1.47. The van der Waals surface area contributed by atoms with Crippen LogP contribution >= 0.6 is 11.6 Å². The summed E-state index contributed by atoms with van der Waals surface area (Å²) < 4.78 is 11.5. The third kappa shape index (κ3) is 2.87. The maximum absolute atomic E-state index is 12.9. The van der Waals surface area contributed by atoms with E-state index in [4.69, 9.17) is 21.1 Å². The van der Waals surface area contributed by atoms with Crippen molar-refractivity contribution in [1.82, 2.24) is 4.90 Å². The first-order valence-corrected chi connectivity index (χ1v) is 9.02. The lowest BCUT2D eigenvalue weighted by Crippen LogP contribution is -2.51. The molecule has 0 N–H and O–H groups in total. The first-order chi connectivity index (χ1) is 12.0. The number of carbonyl (C=O) groups is 2. The van der Waals surface area contributed by atoms with Crippen LogP contribution in [0.15, 0.2) is 18.2 Å². The monoisotopic (exact) mass is 364 g/mol. The number of imide groups is 1. The number of hydrogen-bond acceptors (Lipinski definition) is 5. The van der Waals surface area contributed by atoms with E-state index in [-0.39, 0.29) is 18.2 Å². The molecule has 0 unspecified atom stereocenters. The van der Waals surface area contributed by atoms with Gasteiger partial charge in [-0.2, -0.15) is 0 Å². The molecule has 3 fully saturated rings. The minimum atomic E-state index is -0.481. The van der Waals surface area contributed by atoms with E-state index in [1.807, 2.05) is 6.92 Å². The minimum Gasteiger partial charge on any atom is -0.347 e. The van der Waals surface area contributed by atoms with Crippen molar-refractivity contribution < 1.29 is 19.1 Å². The highest BCUT2D eigenvalue weighted by atomic mass is 35.5. The summed E-state index contributed by atoms with van der Waals surface area (Å²) in [6, 6.07) is 4.88. The van der Waals surface area contributed by atoms with Crippen LogP contribution in [0.2, 0.25) is 5.02 Å². The van der Waals surface area contributed by atoms with Crippen LogP contribution in [0.1, 0.15) is 24.8 Å². The number of amides is 2. The highest BCUT2D eigenvalue weighted by Gasteiger charge is 2.47. The van der Waals surface area contributed by atoms with Gasteiger partial charge in [0.25, 0.3) is 5.91 Å². The van der Waals surface area contributed by atoms with Crippen LogP contribution in [0.3, 0.4) is 0 Å². The van der Waals surface area contributed by atoms with E-state index >= 15 is 0 Å². The van der Waals surface area contributed by atoms with E-state index < -0.39 is 11.8 Å². The molecule has 3 heterocycles. The zero-order chi connectivity index (χ0) is 17.6. The van der Waals surface area contributed by atoms with Gasteiger partial charge in [-0.15, -0.1) is 0 Å². The molecule has 25 heavy (non-hydrogen) atoms. The number of likely N-dealkylation sites (tertiary alicyclic amines) is 1. The summed E-state index contributed by atoms with van der Waals surface area (Å²) in [5.41, 5.74) is 1.33. The highest BCUT2D eigenvalue weighted by Crippen LogP contribution is 2.35. The van der Waals surface area contributed by atoms with Crippen LogP contribution < -0.4 is 4.90 Å². The van der Waals surface area contributed by atoms with E-state index in [1.165, 1.54) is 4.90 Å². The molecule has 0 radical (unpaired) electrons. The molecule has 0 bridgehead atoms. The second kappa shape index (κ2) is 6.36. The van der Waals surface area contributed by atoms with Gasteiger partial charge in [-0.25, -0.2) is 4.90 Å². The fourth-order valence-corrected chi connectivity index (χ4v) is 4.12. The van der Waals surface area contributed by atoms with E-state index in [0.717, 1.165) is 18.4 Å². The van der Waals surface area contributed by atoms with Crippen molar-refractivity contribution >= 4 is 29.1 Å². The highest BCUT2D eigenvalue weighted by molar-refractivity contribution is 6.32. The van der Waals surface area contributed by atoms with Crippen molar-refractivity contribution in [2.45, 2.75) is 38.0 Å². The molecular weight excluding hydrogens is 344 g/mol. The number of ether oxygens (including phenoxy) is 2. The van der Waals surface area contributed by atoms with Crippen LogP contribution in [0, 0.1) is 6.92 Å². The van der Waals surface area contributed by atoms with Gasteiger partial charge < -0.3 is 9.47 Å². The third-order valence-corrected chi connectivity index (χ3v) is 5.83. The first kappa shape index (κ1) is 17.0. The predicted molar refractivity (Wildman–Crippen MR) is 92.5 cm³/mol. The Morgan fingerprint density at radius 3 is 2.52 bits per heavy atom. The molecule has 0 saturated carbocycles. The van der Waals surface area contributed by atoms with Gasteiger partial charge in [0.15, 0.2) is 5.79 Å². The first-order valence-electron chi connectivity index (χ1n) is 8.65. The molecule has 1 aromatic rings. The molecular formula is C18H21ClN2O4. The summed E-state index contributed by atoms with van der Waals surface area (Å²) >= 11 is 6.15. The molecule has 4 rings (SSSR count). The molecule has 3 aliphatic heterocycles. The van der Waals surface area contributed by atoms with Crippen molar-refractivity contribution in [3.63, 3.8) is 0 Å². The quantitative estimate of drug-likeness (QED) is 0.752. The Morgan fingerprint density at radius 2 is 1.84 bits per heavy atom. The van der Waals surface area contributed by atoms with E-state index in [9.17, 15) is 9.59 Å². The number of piperidine rings is 1. The molecule has 7 heteroatoms. The average Bonchev–Trinajstić information content (AvgIpc) is 3.17. The number of anilines is 1. The van der Waals surface area contributed by atoms with Crippen LogP contribution in [-0.2, 0) is 19.1 Å². The number of nitrogens with zero attached hydrogens (tertiary/aromatic N) is 2. The van der Waals surface area contributed by atoms with Gasteiger partial charge in [0.2, 0.25) is 5.91 Å². The van der Waals surface area contributed by atoms with Crippen LogP contribution in [-0.4, -0.2) is 54.8 Å². The summed E-state index contributed by atoms with van der Waals surface area (Å²) in [5.74, 6) is -0.820. The van der Waals surface area contributed by atoms with Crippen molar-refractivity contribution in [3.8, 4) is 0 Å². The molecule has 3 saturated heterocycles. The second-order valence-corrected chi connectivity index (χ2v) is 7.22. The summed E-state index contributed by atoms with van der Waals surface area (Å²) in [7, 11) is 0. The summed E-state index contributed by atoms with van der Waals surface area (Å²) in [4.78, 5) is 28.9. The molecule has 2 amide bonds. The smallest absolute Gasteiger partial charge is 0.251 e. The Balaban J connectivity index is 1.51. The van der Waals surface area contributed by atoms with Crippen molar-refractivity contribution in [3.05, 3.63) is 28.8 Å². The molecule has 0 aliphatic carbocycles.